The fourth-order valence-corrected chi connectivity index (χ4v) is 4.52. The Bertz CT molecular complexity index is 930. The summed E-state index contributed by atoms with van der Waals surface area (Å²) in [7, 11) is 0. The molecular formula is C22H30ClN3O8S. The van der Waals surface area contributed by atoms with Gasteiger partial charge in [-0.05, 0) is 19.4 Å². The van der Waals surface area contributed by atoms with Gasteiger partial charge in [-0.1, -0.05) is 23.4 Å². The summed E-state index contributed by atoms with van der Waals surface area (Å²) in [5, 5.41) is 0.285. The highest BCUT2D eigenvalue weighted by Crippen LogP contribution is 2.34. The predicted octanol–water partition coefficient (Wildman–Crippen LogP) is 1.79. The molecule has 0 aliphatic carbocycles. The number of carbonyl (C=O) groups excluding carboxylic acids is 4. The van der Waals surface area contributed by atoms with Crippen LogP contribution in [0.1, 0.15) is 44.6 Å². The average Bonchev–Trinajstić information content (AvgIpc) is 2.72. The Morgan fingerprint density at radius 2 is 1.77 bits per heavy atom. The molecular weight excluding hydrogens is 502 g/mol. The topological polar surface area (TPSA) is 147 Å². The van der Waals surface area contributed by atoms with Crippen LogP contribution in [0.3, 0.4) is 0 Å². The number of pyridine rings is 1. The van der Waals surface area contributed by atoms with Crippen LogP contribution in [0.2, 0.25) is 5.02 Å². The van der Waals surface area contributed by atoms with Crippen LogP contribution in [0.5, 0.6) is 0 Å². The molecule has 1 aliphatic heterocycles. The van der Waals surface area contributed by atoms with Gasteiger partial charge < -0.3 is 29.6 Å². The number of amides is 1. The molecule has 35 heavy (non-hydrogen) atoms. The second-order valence-electron chi connectivity index (χ2n) is 7.81. The number of rotatable bonds is 12. The standard InChI is InChI=1S/C22H30ClN3O8S/c1-12(32-14(3)28)18(11-31-13(2)27)34-22(17(9-24)33-15(4)29)35-19-8-16(23)10-25-20(19)21(30)26-6-5-7-26/h8,10,12,17-18,22H,5-7,9,11,24H2,1-4H3/t12-,17+,18?,22?/m1/s1. The fraction of sp³-hybridized carbons (Fsp3) is 0.591. The van der Waals surface area contributed by atoms with Gasteiger partial charge in [0, 0.05) is 51.5 Å². The van der Waals surface area contributed by atoms with E-state index in [2.05, 4.69) is 4.98 Å². The van der Waals surface area contributed by atoms with E-state index in [0.717, 1.165) is 18.2 Å². The quantitative estimate of drug-likeness (QED) is 0.182. The molecule has 13 heteroatoms. The van der Waals surface area contributed by atoms with Crippen LogP contribution in [0.25, 0.3) is 0 Å². The summed E-state index contributed by atoms with van der Waals surface area (Å²) in [6.45, 7) is 6.13. The number of likely N-dealkylation sites (tertiary alicyclic amines) is 1. The smallest absolute Gasteiger partial charge is 0.303 e. The second-order valence-corrected chi connectivity index (χ2v) is 9.38. The van der Waals surface area contributed by atoms with Gasteiger partial charge in [-0.2, -0.15) is 0 Å². The zero-order valence-corrected chi connectivity index (χ0v) is 21.6. The zero-order valence-electron chi connectivity index (χ0n) is 20.0. The van der Waals surface area contributed by atoms with Gasteiger partial charge in [0.1, 0.15) is 36.0 Å². The van der Waals surface area contributed by atoms with Gasteiger partial charge in [-0.3, -0.25) is 19.2 Å². The molecule has 0 radical (unpaired) electrons. The third-order valence-electron chi connectivity index (χ3n) is 4.90. The normalized spacial score (nSPS) is 16.3. The first-order chi connectivity index (χ1) is 16.5. The Kier molecular flexibility index (Phi) is 11.2. The van der Waals surface area contributed by atoms with Crippen LogP contribution < -0.4 is 5.73 Å². The Morgan fingerprint density at radius 3 is 2.29 bits per heavy atom. The van der Waals surface area contributed by atoms with Gasteiger partial charge in [0.05, 0.1) is 5.02 Å². The maximum absolute atomic E-state index is 12.9. The van der Waals surface area contributed by atoms with E-state index < -0.39 is 41.7 Å². The van der Waals surface area contributed by atoms with Crippen molar-refractivity contribution in [2.45, 2.75) is 62.8 Å². The molecule has 2 unspecified atom stereocenters. The number of hydrogen-bond acceptors (Lipinski definition) is 11. The number of nitrogens with zero attached hydrogens (tertiary/aromatic N) is 2. The first-order valence-electron chi connectivity index (χ1n) is 11.0. The molecule has 1 amide bonds. The van der Waals surface area contributed by atoms with E-state index >= 15 is 0 Å². The number of thioether (sulfide) groups is 1. The van der Waals surface area contributed by atoms with Crippen LogP contribution in [0.4, 0.5) is 0 Å². The minimum atomic E-state index is -0.995. The Morgan fingerprint density at radius 1 is 1.11 bits per heavy atom. The monoisotopic (exact) mass is 531 g/mol. The van der Waals surface area contributed by atoms with Crippen molar-refractivity contribution < 1.29 is 38.1 Å². The largest absolute Gasteiger partial charge is 0.463 e. The third kappa shape index (κ3) is 8.95. The van der Waals surface area contributed by atoms with Crippen molar-refractivity contribution in [1.82, 2.24) is 9.88 Å². The van der Waals surface area contributed by atoms with Gasteiger partial charge in [0.2, 0.25) is 0 Å². The van der Waals surface area contributed by atoms with E-state index in [-0.39, 0.29) is 29.8 Å². The van der Waals surface area contributed by atoms with Gasteiger partial charge in [-0.25, -0.2) is 4.98 Å². The molecule has 11 nitrogen and oxygen atoms in total. The summed E-state index contributed by atoms with van der Waals surface area (Å²) in [5.41, 5.74) is 5.05. The van der Waals surface area contributed by atoms with E-state index in [4.69, 9.17) is 36.3 Å². The third-order valence-corrected chi connectivity index (χ3v) is 6.32. The molecule has 1 fully saturated rings. The predicted molar refractivity (Wildman–Crippen MR) is 127 cm³/mol. The molecule has 1 aromatic heterocycles. The Labute approximate surface area is 212 Å². The molecule has 1 saturated heterocycles. The van der Waals surface area contributed by atoms with E-state index in [1.807, 2.05) is 0 Å². The second kappa shape index (κ2) is 13.6. The number of carbonyl (C=O) groups is 4. The maximum Gasteiger partial charge on any atom is 0.303 e. The highest BCUT2D eigenvalue weighted by molar-refractivity contribution is 8.00. The van der Waals surface area contributed by atoms with Gasteiger partial charge in [-0.15, -0.1) is 0 Å². The lowest BCUT2D eigenvalue weighted by Crippen LogP contribution is -2.44. The van der Waals surface area contributed by atoms with Crippen LogP contribution in [-0.2, 0) is 33.3 Å². The van der Waals surface area contributed by atoms with Crippen LogP contribution in [0.15, 0.2) is 17.2 Å². The van der Waals surface area contributed by atoms with Crippen molar-refractivity contribution >= 4 is 47.2 Å². The zero-order chi connectivity index (χ0) is 26.1. The lowest BCUT2D eigenvalue weighted by Gasteiger charge is -2.33. The van der Waals surface area contributed by atoms with E-state index in [9.17, 15) is 19.2 Å². The summed E-state index contributed by atoms with van der Waals surface area (Å²) >= 11 is 7.19. The summed E-state index contributed by atoms with van der Waals surface area (Å²) in [6.07, 6.45) is -0.460. The van der Waals surface area contributed by atoms with E-state index in [1.54, 1.807) is 17.9 Å². The van der Waals surface area contributed by atoms with E-state index in [1.165, 1.54) is 27.0 Å². The minimum absolute atomic E-state index is 0.122. The number of nitrogens with two attached hydrogens (primary N) is 1. The summed E-state index contributed by atoms with van der Waals surface area (Å²) in [4.78, 5) is 53.9. The first-order valence-corrected chi connectivity index (χ1v) is 12.2. The minimum Gasteiger partial charge on any atom is -0.463 e. The lowest BCUT2D eigenvalue weighted by atomic mass is 10.2. The van der Waals surface area contributed by atoms with Crippen molar-refractivity contribution in [2.75, 3.05) is 26.2 Å². The Balaban J connectivity index is 2.40. The number of esters is 3. The molecule has 0 bridgehead atoms. The number of hydrogen-bond donors (Lipinski definition) is 1. The average molecular weight is 532 g/mol. The van der Waals surface area contributed by atoms with Crippen molar-refractivity contribution in [2.24, 2.45) is 5.73 Å². The van der Waals surface area contributed by atoms with Crippen LogP contribution in [-0.4, -0.2) is 83.7 Å². The molecule has 1 aromatic rings. The van der Waals surface area contributed by atoms with Crippen molar-refractivity contribution in [3.63, 3.8) is 0 Å². The van der Waals surface area contributed by atoms with Gasteiger partial charge in [0.25, 0.3) is 5.91 Å². The molecule has 0 spiro atoms. The number of ether oxygens (including phenoxy) is 4. The molecule has 0 saturated carbocycles. The molecule has 194 valence electrons. The van der Waals surface area contributed by atoms with Gasteiger partial charge in [0.15, 0.2) is 0 Å². The summed E-state index contributed by atoms with van der Waals surface area (Å²) < 4.78 is 21.8. The molecule has 2 N–H and O–H groups in total. The Hall–Kier alpha value is -2.41. The summed E-state index contributed by atoms with van der Waals surface area (Å²) in [6, 6.07) is 1.56. The highest BCUT2D eigenvalue weighted by Gasteiger charge is 2.34. The lowest BCUT2D eigenvalue weighted by molar-refractivity contribution is -0.169. The van der Waals surface area contributed by atoms with Crippen molar-refractivity contribution in [3.8, 4) is 0 Å². The molecule has 1 aliphatic rings. The number of halogens is 1. The highest BCUT2D eigenvalue weighted by atomic mass is 35.5. The summed E-state index contributed by atoms with van der Waals surface area (Å²) in [5.74, 6) is -1.99. The fourth-order valence-electron chi connectivity index (χ4n) is 3.08. The maximum atomic E-state index is 12.9. The molecule has 0 aromatic carbocycles. The van der Waals surface area contributed by atoms with Crippen molar-refractivity contribution in [3.05, 3.63) is 23.0 Å². The van der Waals surface area contributed by atoms with E-state index in [0.29, 0.717) is 18.0 Å². The van der Waals surface area contributed by atoms with Gasteiger partial charge >= 0.3 is 17.9 Å². The van der Waals surface area contributed by atoms with Crippen LogP contribution >= 0.6 is 23.4 Å². The molecule has 2 heterocycles. The molecule has 2 rings (SSSR count). The van der Waals surface area contributed by atoms with Crippen LogP contribution in [0, 0.1) is 0 Å². The number of aromatic nitrogens is 1. The van der Waals surface area contributed by atoms with Crippen molar-refractivity contribution in [1.29, 1.82) is 0 Å². The molecule has 4 atom stereocenters. The first kappa shape index (κ1) is 28.8. The SMILES string of the molecule is CC(=O)OCC(OC(Sc1cc(Cl)cnc1C(=O)N1CCC1)[C@H](CN)OC(C)=O)[C@@H](C)OC(C)=O.